The number of rotatable bonds is 2. The number of nitrogens with zero attached hydrogens (tertiary/aromatic N) is 1. The zero-order valence-corrected chi connectivity index (χ0v) is 14.4. The third kappa shape index (κ3) is 2.93. The summed E-state index contributed by atoms with van der Waals surface area (Å²) in [6.45, 7) is 0. The van der Waals surface area contributed by atoms with Gasteiger partial charge < -0.3 is 20.4 Å². The van der Waals surface area contributed by atoms with E-state index in [0.29, 0.717) is 24.3 Å². The first kappa shape index (κ1) is 17.9. The Morgan fingerprint density at radius 3 is 2.48 bits per heavy atom. The Kier molecular flexibility index (Phi) is 4.84. The van der Waals surface area contributed by atoms with Crippen LogP contribution in [0.15, 0.2) is 52.9 Å². The molecule has 3 aromatic rings. The number of oxazole rings is 1. The van der Waals surface area contributed by atoms with Gasteiger partial charge in [-0.05, 0) is 49.1 Å². The molecule has 1 aliphatic rings. The molecule has 2 aromatic carbocycles. The molecule has 1 saturated carbocycles. The van der Waals surface area contributed by atoms with Crippen LogP contribution in [-0.4, -0.2) is 27.3 Å². The summed E-state index contributed by atoms with van der Waals surface area (Å²) in [5.74, 6) is 0.531. The molecule has 25 heavy (non-hydrogen) atoms. The SMILES string of the molecule is Cl.N[C@H]1CCC[C@H](O)[C@@]1(O)c1ccc(-c2nc3ccccc3o2)cc1. The van der Waals surface area contributed by atoms with E-state index in [1.54, 1.807) is 12.1 Å². The lowest BCUT2D eigenvalue weighted by molar-refractivity contribution is -0.118. The largest absolute Gasteiger partial charge is 0.436 e. The maximum Gasteiger partial charge on any atom is 0.227 e. The molecule has 4 N–H and O–H groups in total. The number of halogens is 1. The van der Waals surface area contributed by atoms with Crippen LogP contribution in [0, 0.1) is 0 Å². The Morgan fingerprint density at radius 1 is 1.08 bits per heavy atom. The smallest absolute Gasteiger partial charge is 0.227 e. The highest BCUT2D eigenvalue weighted by molar-refractivity contribution is 5.85. The van der Waals surface area contributed by atoms with Gasteiger partial charge in [0, 0.05) is 11.6 Å². The molecular weight excluding hydrogens is 340 g/mol. The van der Waals surface area contributed by atoms with Crippen LogP contribution < -0.4 is 5.73 Å². The van der Waals surface area contributed by atoms with E-state index in [4.69, 9.17) is 10.2 Å². The minimum atomic E-state index is -1.40. The number of benzene rings is 2. The van der Waals surface area contributed by atoms with Gasteiger partial charge in [0.25, 0.3) is 0 Å². The Labute approximate surface area is 151 Å². The molecule has 6 heteroatoms. The number of hydrogen-bond donors (Lipinski definition) is 3. The molecule has 0 radical (unpaired) electrons. The van der Waals surface area contributed by atoms with Crippen molar-refractivity contribution in [3.63, 3.8) is 0 Å². The highest BCUT2D eigenvalue weighted by Crippen LogP contribution is 2.37. The second-order valence-electron chi connectivity index (χ2n) is 6.44. The lowest BCUT2D eigenvalue weighted by Gasteiger charge is -2.42. The summed E-state index contributed by atoms with van der Waals surface area (Å²) in [7, 11) is 0. The first-order valence-electron chi connectivity index (χ1n) is 8.21. The topological polar surface area (TPSA) is 92.5 Å². The number of hydrogen-bond acceptors (Lipinski definition) is 5. The van der Waals surface area contributed by atoms with E-state index in [2.05, 4.69) is 4.98 Å². The van der Waals surface area contributed by atoms with E-state index in [0.717, 1.165) is 23.1 Å². The number of aliphatic hydroxyl groups is 2. The normalized spacial score (nSPS) is 26.4. The van der Waals surface area contributed by atoms with Gasteiger partial charge in [0.1, 0.15) is 11.1 Å². The molecule has 1 aromatic heterocycles. The Balaban J connectivity index is 0.00000182. The predicted octanol–water partition coefficient (Wildman–Crippen LogP) is 2.98. The molecule has 5 nitrogen and oxygen atoms in total. The van der Waals surface area contributed by atoms with Crippen molar-refractivity contribution in [2.75, 3.05) is 0 Å². The van der Waals surface area contributed by atoms with Gasteiger partial charge in [0.05, 0.1) is 6.10 Å². The molecule has 1 aliphatic carbocycles. The number of para-hydroxylation sites is 2. The van der Waals surface area contributed by atoms with Gasteiger partial charge in [-0.25, -0.2) is 4.98 Å². The molecule has 0 spiro atoms. The van der Waals surface area contributed by atoms with Gasteiger partial charge >= 0.3 is 0 Å². The second kappa shape index (κ2) is 6.77. The zero-order valence-electron chi connectivity index (χ0n) is 13.6. The van der Waals surface area contributed by atoms with Gasteiger partial charge in [-0.15, -0.1) is 12.4 Å². The van der Waals surface area contributed by atoms with Crippen molar-refractivity contribution in [2.45, 2.75) is 37.0 Å². The lowest BCUT2D eigenvalue weighted by atomic mass is 9.74. The van der Waals surface area contributed by atoms with Gasteiger partial charge in [0.2, 0.25) is 5.89 Å². The van der Waals surface area contributed by atoms with Crippen LogP contribution in [0.2, 0.25) is 0 Å². The fourth-order valence-corrected chi connectivity index (χ4v) is 3.50. The first-order valence-corrected chi connectivity index (χ1v) is 8.21. The van der Waals surface area contributed by atoms with Crippen molar-refractivity contribution in [2.24, 2.45) is 5.73 Å². The molecule has 132 valence electrons. The minimum absolute atomic E-state index is 0. The van der Waals surface area contributed by atoms with Crippen molar-refractivity contribution < 1.29 is 14.6 Å². The molecule has 3 atom stereocenters. The maximum atomic E-state index is 10.9. The van der Waals surface area contributed by atoms with Gasteiger partial charge in [-0.2, -0.15) is 0 Å². The molecule has 0 bridgehead atoms. The average molecular weight is 361 g/mol. The summed E-state index contributed by atoms with van der Waals surface area (Å²) in [4.78, 5) is 4.47. The Bertz CT molecular complexity index is 819. The quantitative estimate of drug-likeness (QED) is 0.653. The molecule has 0 saturated heterocycles. The van der Waals surface area contributed by atoms with Crippen LogP contribution in [0.1, 0.15) is 24.8 Å². The number of aromatic nitrogens is 1. The predicted molar refractivity (Wildman–Crippen MR) is 98.4 cm³/mol. The zero-order chi connectivity index (χ0) is 16.7. The number of fused-ring (bicyclic) bond motifs is 1. The van der Waals surface area contributed by atoms with E-state index in [1.807, 2.05) is 36.4 Å². The van der Waals surface area contributed by atoms with Gasteiger partial charge in [-0.3, -0.25) is 0 Å². The van der Waals surface area contributed by atoms with E-state index >= 15 is 0 Å². The minimum Gasteiger partial charge on any atom is -0.436 e. The third-order valence-electron chi connectivity index (χ3n) is 4.95. The molecule has 4 rings (SSSR count). The number of aliphatic hydroxyl groups excluding tert-OH is 1. The standard InChI is InChI=1S/C19H20N2O3.ClH/c20-16-6-3-7-17(22)19(16,23)13-10-8-12(9-11-13)18-21-14-4-1-2-5-15(14)24-18;/h1-2,4-5,8-11,16-17,22-23H,3,6-7,20H2;1H/t16-,17-,19+;/m0./s1. The third-order valence-corrected chi connectivity index (χ3v) is 4.95. The van der Waals surface area contributed by atoms with Crippen LogP contribution in [-0.2, 0) is 5.60 Å². The highest BCUT2D eigenvalue weighted by Gasteiger charge is 2.45. The fourth-order valence-electron chi connectivity index (χ4n) is 3.50. The van der Waals surface area contributed by atoms with Gasteiger partial charge in [-0.1, -0.05) is 24.3 Å². The maximum absolute atomic E-state index is 10.9. The lowest BCUT2D eigenvalue weighted by Crippen LogP contribution is -2.56. The molecule has 0 unspecified atom stereocenters. The molecule has 1 fully saturated rings. The van der Waals surface area contributed by atoms with E-state index in [9.17, 15) is 10.2 Å². The first-order chi connectivity index (χ1) is 11.6. The van der Waals surface area contributed by atoms with Crippen LogP contribution >= 0.6 is 12.4 Å². The van der Waals surface area contributed by atoms with Crippen molar-refractivity contribution >= 4 is 23.5 Å². The highest BCUT2D eigenvalue weighted by atomic mass is 35.5. The van der Waals surface area contributed by atoms with E-state index in [1.165, 1.54) is 0 Å². The van der Waals surface area contributed by atoms with Crippen LogP contribution in [0.25, 0.3) is 22.6 Å². The summed E-state index contributed by atoms with van der Waals surface area (Å²) in [6.07, 6.45) is 1.22. The van der Waals surface area contributed by atoms with Crippen molar-refractivity contribution in [1.29, 1.82) is 0 Å². The second-order valence-corrected chi connectivity index (χ2v) is 6.44. The van der Waals surface area contributed by atoms with Crippen molar-refractivity contribution in [3.8, 4) is 11.5 Å². The van der Waals surface area contributed by atoms with Crippen molar-refractivity contribution in [1.82, 2.24) is 4.98 Å². The van der Waals surface area contributed by atoms with Crippen LogP contribution in [0.4, 0.5) is 0 Å². The Morgan fingerprint density at radius 2 is 1.80 bits per heavy atom. The summed E-state index contributed by atoms with van der Waals surface area (Å²) in [5.41, 5.74) is 7.68. The summed E-state index contributed by atoms with van der Waals surface area (Å²) in [6, 6.07) is 14.4. The monoisotopic (exact) mass is 360 g/mol. The summed E-state index contributed by atoms with van der Waals surface area (Å²) < 4.78 is 5.76. The fraction of sp³-hybridized carbons (Fsp3) is 0.316. The molecule has 0 aliphatic heterocycles. The van der Waals surface area contributed by atoms with E-state index < -0.39 is 17.7 Å². The summed E-state index contributed by atoms with van der Waals surface area (Å²) in [5, 5.41) is 21.2. The molecular formula is C19H21ClN2O3. The summed E-state index contributed by atoms with van der Waals surface area (Å²) >= 11 is 0. The van der Waals surface area contributed by atoms with Crippen molar-refractivity contribution in [3.05, 3.63) is 54.1 Å². The van der Waals surface area contributed by atoms with E-state index in [-0.39, 0.29) is 12.4 Å². The average Bonchev–Trinajstić information content (AvgIpc) is 3.04. The number of nitrogens with two attached hydrogens (primary N) is 1. The van der Waals surface area contributed by atoms with Crippen LogP contribution in [0.5, 0.6) is 0 Å². The molecule has 1 heterocycles. The Hall–Kier alpha value is -1.92. The van der Waals surface area contributed by atoms with Crippen LogP contribution in [0.3, 0.4) is 0 Å². The van der Waals surface area contributed by atoms with Gasteiger partial charge in [0.15, 0.2) is 5.58 Å². The molecule has 0 amide bonds.